The highest BCUT2D eigenvalue weighted by Crippen LogP contribution is 2.22. The molecule has 0 aromatic heterocycles. The molecule has 1 aliphatic rings. The Bertz CT molecular complexity index is 204. The number of hydrogen-bond acceptors (Lipinski definition) is 7. The maximum Gasteiger partial charge on any atom is 0.186 e. The van der Waals surface area contributed by atoms with Crippen LogP contribution in [-0.2, 0) is 9.47 Å². The van der Waals surface area contributed by atoms with E-state index in [1.54, 1.807) is 0 Å². The lowest BCUT2D eigenvalue weighted by molar-refractivity contribution is -0.291. The third-order valence-corrected chi connectivity index (χ3v) is 3.11. The molecule has 1 aliphatic heterocycles. The summed E-state index contributed by atoms with van der Waals surface area (Å²) in [5.74, 6) is 0.918. The summed E-state index contributed by atoms with van der Waals surface area (Å²) in [6, 6.07) is 0. The van der Waals surface area contributed by atoms with Crippen molar-refractivity contribution in [3.05, 3.63) is 0 Å². The second-order valence-corrected chi connectivity index (χ2v) is 4.46. The van der Waals surface area contributed by atoms with Crippen LogP contribution < -0.4 is 0 Å². The van der Waals surface area contributed by atoms with Gasteiger partial charge in [-0.15, -0.1) is 0 Å². The molecule has 0 amide bonds. The SMILES string of the molecule is OC1[C@@H](O)C(CS)O[C@@H](OCCCS)[C@H]1O. The Morgan fingerprint density at radius 2 is 1.75 bits per heavy atom. The van der Waals surface area contributed by atoms with Crippen molar-refractivity contribution in [2.75, 3.05) is 18.1 Å². The summed E-state index contributed by atoms with van der Waals surface area (Å²) in [6.07, 6.45) is -4.49. The molecule has 3 N–H and O–H groups in total. The van der Waals surface area contributed by atoms with Crippen LogP contribution in [0.15, 0.2) is 0 Å². The Balaban J connectivity index is 2.50. The quantitative estimate of drug-likeness (QED) is 0.329. The van der Waals surface area contributed by atoms with Gasteiger partial charge >= 0.3 is 0 Å². The summed E-state index contributed by atoms with van der Waals surface area (Å²) in [7, 11) is 0. The molecule has 2 unspecified atom stereocenters. The average molecular weight is 270 g/mol. The molecule has 0 radical (unpaired) electrons. The van der Waals surface area contributed by atoms with Crippen LogP contribution in [0.25, 0.3) is 0 Å². The average Bonchev–Trinajstić information content (AvgIpc) is 2.29. The zero-order valence-electron chi connectivity index (χ0n) is 8.77. The number of aliphatic hydroxyl groups is 3. The van der Waals surface area contributed by atoms with Crippen molar-refractivity contribution < 1.29 is 24.8 Å². The Labute approximate surface area is 106 Å². The fourth-order valence-corrected chi connectivity index (χ4v) is 1.90. The van der Waals surface area contributed by atoms with Crippen LogP contribution in [-0.4, -0.2) is 64.1 Å². The third-order valence-electron chi connectivity index (χ3n) is 2.43. The first-order valence-corrected chi connectivity index (χ1v) is 6.41. The molecule has 1 heterocycles. The molecule has 1 fully saturated rings. The van der Waals surface area contributed by atoms with Gasteiger partial charge in [-0.1, -0.05) is 0 Å². The summed E-state index contributed by atoms with van der Waals surface area (Å²) in [5.41, 5.74) is 0. The van der Waals surface area contributed by atoms with Gasteiger partial charge in [-0.3, -0.25) is 0 Å². The number of thiol groups is 2. The zero-order valence-corrected chi connectivity index (χ0v) is 10.6. The first-order chi connectivity index (χ1) is 7.61. The van der Waals surface area contributed by atoms with Crippen molar-refractivity contribution in [1.82, 2.24) is 0 Å². The van der Waals surface area contributed by atoms with Crippen molar-refractivity contribution in [2.45, 2.75) is 37.1 Å². The molecule has 96 valence electrons. The number of hydrogen-bond donors (Lipinski definition) is 5. The molecule has 16 heavy (non-hydrogen) atoms. The second-order valence-electron chi connectivity index (χ2n) is 3.65. The van der Waals surface area contributed by atoms with Crippen molar-refractivity contribution >= 4 is 25.3 Å². The zero-order chi connectivity index (χ0) is 12.1. The van der Waals surface area contributed by atoms with E-state index in [0.29, 0.717) is 12.4 Å². The van der Waals surface area contributed by atoms with Crippen LogP contribution >= 0.6 is 25.3 Å². The molecule has 7 heteroatoms. The van der Waals surface area contributed by atoms with Crippen LogP contribution in [0.1, 0.15) is 6.42 Å². The van der Waals surface area contributed by atoms with E-state index in [4.69, 9.17) is 9.47 Å². The Morgan fingerprint density at radius 1 is 1.06 bits per heavy atom. The summed E-state index contributed by atoms with van der Waals surface area (Å²) < 4.78 is 10.6. The molecule has 0 saturated carbocycles. The molecule has 0 spiro atoms. The first-order valence-electron chi connectivity index (χ1n) is 5.14. The molecule has 0 aliphatic carbocycles. The summed E-state index contributed by atoms with van der Waals surface area (Å²) in [6.45, 7) is 0.382. The molecular weight excluding hydrogens is 252 g/mol. The highest BCUT2D eigenvalue weighted by molar-refractivity contribution is 7.80. The topological polar surface area (TPSA) is 79.2 Å². The monoisotopic (exact) mass is 270 g/mol. The van der Waals surface area contributed by atoms with Crippen molar-refractivity contribution in [3.63, 3.8) is 0 Å². The van der Waals surface area contributed by atoms with E-state index < -0.39 is 30.7 Å². The van der Waals surface area contributed by atoms with Gasteiger partial charge in [0.05, 0.1) is 12.7 Å². The van der Waals surface area contributed by atoms with Crippen LogP contribution in [0.3, 0.4) is 0 Å². The predicted octanol–water partition coefficient (Wildman–Crippen LogP) is -0.940. The molecule has 5 atom stereocenters. The minimum atomic E-state index is -1.27. The lowest BCUT2D eigenvalue weighted by atomic mass is 10.00. The molecule has 1 saturated heterocycles. The smallest absolute Gasteiger partial charge is 0.186 e. The van der Waals surface area contributed by atoms with Crippen molar-refractivity contribution in [3.8, 4) is 0 Å². The maximum atomic E-state index is 9.62. The Kier molecular flexibility index (Phi) is 6.42. The molecule has 0 aromatic carbocycles. The van der Waals surface area contributed by atoms with Crippen molar-refractivity contribution in [1.29, 1.82) is 0 Å². The van der Waals surface area contributed by atoms with Crippen LogP contribution in [0.5, 0.6) is 0 Å². The largest absolute Gasteiger partial charge is 0.388 e. The molecule has 5 nitrogen and oxygen atoms in total. The fourth-order valence-electron chi connectivity index (χ4n) is 1.47. The van der Waals surface area contributed by atoms with Gasteiger partial charge in [0.15, 0.2) is 6.29 Å². The third kappa shape index (κ3) is 3.49. The lowest BCUT2D eigenvalue weighted by Gasteiger charge is -2.39. The van der Waals surface area contributed by atoms with Gasteiger partial charge in [0.2, 0.25) is 0 Å². The van der Waals surface area contributed by atoms with E-state index in [9.17, 15) is 15.3 Å². The minimum absolute atomic E-state index is 0.247. The Hall–Kier alpha value is 0.500. The van der Waals surface area contributed by atoms with Crippen LogP contribution in [0.2, 0.25) is 0 Å². The van der Waals surface area contributed by atoms with E-state index in [0.717, 1.165) is 6.42 Å². The predicted molar refractivity (Wildman–Crippen MR) is 65.0 cm³/mol. The van der Waals surface area contributed by atoms with Gasteiger partial charge < -0.3 is 24.8 Å². The lowest BCUT2D eigenvalue weighted by Crippen LogP contribution is -2.58. The summed E-state index contributed by atoms with van der Waals surface area (Å²) in [4.78, 5) is 0. The van der Waals surface area contributed by atoms with E-state index in [2.05, 4.69) is 25.3 Å². The fraction of sp³-hybridized carbons (Fsp3) is 1.00. The number of aliphatic hydroxyl groups excluding tert-OH is 3. The number of rotatable bonds is 5. The Morgan fingerprint density at radius 3 is 2.31 bits per heavy atom. The van der Waals surface area contributed by atoms with Gasteiger partial charge in [-0.05, 0) is 12.2 Å². The standard InChI is InChI=1S/C9H18O5S2/c10-6-5(4-16)14-9(8(12)7(6)11)13-2-1-3-15/h5-12,15-16H,1-4H2/t5?,6-,7?,8-,9+/m0/s1. The summed E-state index contributed by atoms with van der Waals surface area (Å²) >= 11 is 8.02. The number of ether oxygens (including phenoxy) is 2. The molecule has 0 aromatic rings. The van der Waals surface area contributed by atoms with Gasteiger partial charge in [-0.25, -0.2) is 0 Å². The van der Waals surface area contributed by atoms with Crippen LogP contribution in [0.4, 0.5) is 0 Å². The van der Waals surface area contributed by atoms with E-state index in [1.807, 2.05) is 0 Å². The molecular formula is C9H18O5S2. The van der Waals surface area contributed by atoms with Gasteiger partial charge in [0.1, 0.15) is 18.3 Å². The molecule has 1 rings (SSSR count). The van der Waals surface area contributed by atoms with Crippen molar-refractivity contribution in [2.24, 2.45) is 0 Å². The highest BCUT2D eigenvalue weighted by atomic mass is 32.1. The first kappa shape index (κ1) is 14.6. The van der Waals surface area contributed by atoms with Gasteiger partial charge in [0.25, 0.3) is 0 Å². The summed E-state index contributed by atoms with van der Waals surface area (Å²) in [5, 5.41) is 28.7. The highest BCUT2D eigenvalue weighted by Gasteiger charge is 2.43. The van der Waals surface area contributed by atoms with Gasteiger partial charge in [0, 0.05) is 5.75 Å². The normalized spacial score (nSPS) is 39.9. The van der Waals surface area contributed by atoms with E-state index in [-0.39, 0.29) is 5.75 Å². The van der Waals surface area contributed by atoms with E-state index in [1.165, 1.54) is 0 Å². The minimum Gasteiger partial charge on any atom is -0.388 e. The van der Waals surface area contributed by atoms with Gasteiger partial charge in [-0.2, -0.15) is 25.3 Å². The van der Waals surface area contributed by atoms with Crippen LogP contribution in [0, 0.1) is 0 Å². The second kappa shape index (κ2) is 7.05. The maximum absolute atomic E-state index is 9.62. The van der Waals surface area contributed by atoms with E-state index >= 15 is 0 Å². The molecule has 0 bridgehead atoms.